The van der Waals surface area contributed by atoms with Crippen LogP contribution in [0.15, 0.2) is 24.3 Å². The molecule has 0 saturated carbocycles. The summed E-state index contributed by atoms with van der Waals surface area (Å²) in [5.74, 6) is 0.153. The molecule has 0 aromatic heterocycles. The molecule has 0 radical (unpaired) electrons. The van der Waals surface area contributed by atoms with Crippen LogP contribution in [0, 0.1) is 0 Å². The standard InChI is InChI=1S/C16H24N2O/c1-4-13(2)17-9-11-18(12-10-17)16-8-6-5-7-15(16)14(3)19/h5-8,13H,4,9-12H2,1-3H3. The van der Waals surface area contributed by atoms with Gasteiger partial charge < -0.3 is 4.90 Å². The molecule has 0 bridgehead atoms. The minimum Gasteiger partial charge on any atom is -0.368 e. The number of anilines is 1. The van der Waals surface area contributed by atoms with Crippen molar-refractivity contribution >= 4 is 11.5 Å². The highest BCUT2D eigenvalue weighted by molar-refractivity contribution is 5.99. The zero-order valence-corrected chi connectivity index (χ0v) is 12.2. The molecule has 1 fully saturated rings. The van der Waals surface area contributed by atoms with E-state index in [9.17, 15) is 4.79 Å². The van der Waals surface area contributed by atoms with Crippen LogP contribution < -0.4 is 4.90 Å². The molecule has 1 aromatic rings. The van der Waals surface area contributed by atoms with Gasteiger partial charge in [0.05, 0.1) is 0 Å². The zero-order chi connectivity index (χ0) is 13.8. The lowest BCUT2D eigenvalue weighted by Gasteiger charge is -2.39. The second kappa shape index (κ2) is 6.20. The molecule has 0 N–H and O–H groups in total. The van der Waals surface area contributed by atoms with Crippen LogP contribution in [0.3, 0.4) is 0 Å². The molecule has 1 atom stereocenters. The number of carbonyl (C=O) groups excluding carboxylic acids is 1. The van der Waals surface area contributed by atoms with Gasteiger partial charge in [-0.15, -0.1) is 0 Å². The summed E-state index contributed by atoms with van der Waals surface area (Å²) in [5.41, 5.74) is 1.94. The van der Waals surface area contributed by atoms with Gasteiger partial charge in [0.2, 0.25) is 0 Å². The van der Waals surface area contributed by atoms with E-state index in [-0.39, 0.29) is 5.78 Å². The first-order valence-corrected chi connectivity index (χ1v) is 7.22. The minimum atomic E-state index is 0.153. The Labute approximate surface area is 116 Å². The van der Waals surface area contributed by atoms with Gasteiger partial charge in [-0.2, -0.15) is 0 Å². The summed E-state index contributed by atoms with van der Waals surface area (Å²) in [7, 11) is 0. The molecule has 1 aromatic carbocycles. The van der Waals surface area contributed by atoms with Gasteiger partial charge in [-0.1, -0.05) is 19.1 Å². The van der Waals surface area contributed by atoms with Crippen LogP contribution in [0.5, 0.6) is 0 Å². The zero-order valence-electron chi connectivity index (χ0n) is 12.2. The molecule has 0 spiro atoms. The van der Waals surface area contributed by atoms with Crippen LogP contribution >= 0.6 is 0 Å². The molecule has 0 amide bonds. The summed E-state index contributed by atoms with van der Waals surface area (Å²) in [6.45, 7) is 10.4. The summed E-state index contributed by atoms with van der Waals surface area (Å²) in [6.07, 6.45) is 1.20. The van der Waals surface area contributed by atoms with Gasteiger partial charge >= 0.3 is 0 Å². The molecular formula is C16H24N2O. The molecule has 1 unspecified atom stereocenters. The number of benzene rings is 1. The molecule has 1 saturated heterocycles. The lowest BCUT2D eigenvalue weighted by atomic mass is 10.1. The highest BCUT2D eigenvalue weighted by Crippen LogP contribution is 2.23. The number of carbonyl (C=O) groups is 1. The molecule has 2 rings (SSSR count). The SMILES string of the molecule is CCC(C)N1CCN(c2ccccc2C(C)=O)CC1. The van der Waals surface area contributed by atoms with E-state index in [2.05, 4.69) is 29.7 Å². The van der Waals surface area contributed by atoms with E-state index in [1.165, 1.54) is 6.42 Å². The highest BCUT2D eigenvalue weighted by Gasteiger charge is 2.22. The third kappa shape index (κ3) is 3.16. The van der Waals surface area contributed by atoms with Gasteiger partial charge in [0.15, 0.2) is 5.78 Å². The van der Waals surface area contributed by atoms with Crippen molar-refractivity contribution < 1.29 is 4.79 Å². The van der Waals surface area contributed by atoms with Crippen molar-refractivity contribution in [1.29, 1.82) is 0 Å². The first kappa shape index (κ1) is 14.1. The maximum absolute atomic E-state index is 11.7. The smallest absolute Gasteiger partial charge is 0.161 e. The highest BCUT2D eigenvalue weighted by atomic mass is 16.1. The van der Waals surface area contributed by atoms with E-state index in [1.54, 1.807) is 6.92 Å². The Kier molecular flexibility index (Phi) is 4.59. The monoisotopic (exact) mass is 260 g/mol. The predicted molar refractivity (Wildman–Crippen MR) is 80.0 cm³/mol. The van der Waals surface area contributed by atoms with Crippen molar-refractivity contribution in [2.24, 2.45) is 0 Å². The molecule has 1 aliphatic heterocycles. The number of nitrogens with zero attached hydrogens (tertiary/aromatic N) is 2. The van der Waals surface area contributed by atoms with Crippen LogP contribution in [-0.2, 0) is 0 Å². The van der Waals surface area contributed by atoms with Crippen molar-refractivity contribution in [3.63, 3.8) is 0 Å². The number of piperazine rings is 1. The fourth-order valence-corrected chi connectivity index (χ4v) is 2.71. The number of ketones is 1. The fraction of sp³-hybridized carbons (Fsp3) is 0.562. The number of rotatable bonds is 4. The second-order valence-corrected chi connectivity index (χ2v) is 5.35. The van der Waals surface area contributed by atoms with E-state index in [0.717, 1.165) is 37.4 Å². The molecule has 19 heavy (non-hydrogen) atoms. The van der Waals surface area contributed by atoms with Crippen molar-refractivity contribution in [3.8, 4) is 0 Å². The molecule has 1 aliphatic rings. The quantitative estimate of drug-likeness (QED) is 0.778. The van der Waals surface area contributed by atoms with Crippen LogP contribution in [0.4, 0.5) is 5.69 Å². The Morgan fingerprint density at radius 2 is 1.84 bits per heavy atom. The first-order valence-electron chi connectivity index (χ1n) is 7.22. The average molecular weight is 260 g/mol. The molecule has 104 valence electrons. The summed E-state index contributed by atoms with van der Waals surface area (Å²) in [6, 6.07) is 8.61. The van der Waals surface area contributed by atoms with Gasteiger partial charge in [0.25, 0.3) is 0 Å². The van der Waals surface area contributed by atoms with Crippen LogP contribution in [0.25, 0.3) is 0 Å². The van der Waals surface area contributed by atoms with Crippen molar-refractivity contribution in [2.45, 2.75) is 33.2 Å². The molecule has 1 heterocycles. The summed E-state index contributed by atoms with van der Waals surface area (Å²) < 4.78 is 0. The van der Waals surface area contributed by atoms with Gasteiger partial charge in [0.1, 0.15) is 0 Å². The van der Waals surface area contributed by atoms with E-state index in [4.69, 9.17) is 0 Å². The molecule has 3 heteroatoms. The maximum Gasteiger partial charge on any atom is 0.161 e. The third-order valence-electron chi connectivity index (χ3n) is 4.15. The lowest BCUT2D eigenvalue weighted by molar-refractivity contribution is 0.101. The van der Waals surface area contributed by atoms with Crippen molar-refractivity contribution in [2.75, 3.05) is 31.1 Å². The Hall–Kier alpha value is -1.35. The van der Waals surface area contributed by atoms with Gasteiger partial charge in [-0.3, -0.25) is 9.69 Å². The lowest BCUT2D eigenvalue weighted by Crippen LogP contribution is -2.49. The minimum absolute atomic E-state index is 0.153. The van der Waals surface area contributed by atoms with E-state index in [1.807, 2.05) is 18.2 Å². The first-order chi connectivity index (χ1) is 9.13. The van der Waals surface area contributed by atoms with E-state index < -0.39 is 0 Å². The Morgan fingerprint density at radius 1 is 1.21 bits per heavy atom. The molecule has 3 nitrogen and oxygen atoms in total. The van der Waals surface area contributed by atoms with Crippen LogP contribution in [0.1, 0.15) is 37.6 Å². The Morgan fingerprint density at radius 3 is 2.42 bits per heavy atom. The van der Waals surface area contributed by atoms with E-state index in [0.29, 0.717) is 6.04 Å². The second-order valence-electron chi connectivity index (χ2n) is 5.35. The van der Waals surface area contributed by atoms with Gasteiger partial charge in [-0.05, 0) is 32.4 Å². The largest absolute Gasteiger partial charge is 0.368 e. The van der Waals surface area contributed by atoms with Crippen LogP contribution in [-0.4, -0.2) is 42.9 Å². The van der Waals surface area contributed by atoms with Crippen molar-refractivity contribution in [3.05, 3.63) is 29.8 Å². The Balaban J connectivity index is 2.08. The topological polar surface area (TPSA) is 23.6 Å². The normalized spacial score (nSPS) is 18.4. The van der Waals surface area contributed by atoms with Crippen LogP contribution in [0.2, 0.25) is 0 Å². The maximum atomic E-state index is 11.7. The number of Topliss-reactive ketones (excluding diaryl/α,β-unsaturated/α-hetero) is 1. The summed E-state index contributed by atoms with van der Waals surface area (Å²) in [4.78, 5) is 16.6. The van der Waals surface area contributed by atoms with Gasteiger partial charge in [0, 0.05) is 43.5 Å². The third-order valence-corrected chi connectivity index (χ3v) is 4.15. The van der Waals surface area contributed by atoms with Gasteiger partial charge in [-0.25, -0.2) is 0 Å². The molecular weight excluding hydrogens is 236 g/mol. The average Bonchev–Trinajstić information content (AvgIpc) is 2.46. The molecule has 0 aliphatic carbocycles. The Bertz CT molecular complexity index is 436. The fourth-order valence-electron chi connectivity index (χ4n) is 2.71. The number of hydrogen-bond donors (Lipinski definition) is 0. The summed E-state index contributed by atoms with van der Waals surface area (Å²) in [5, 5.41) is 0. The van der Waals surface area contributed by atoms with E-state index >= 15 is 0 Å². The van der Waals surface area contributed by atoms with Crippen molar-refractivity contribution in [1.82, 2.24) is 4.90 Å². The number of para-hydroxylation sites is 1. The predicted octanol–water partition coefficient (Wildman–Crippen LogP) is 2.81. The number of hydrogen-bond acceptors (Lipinski definition) is 3. The summed E-state index contributed by atoms with van der Waals surface area (Å²) >= 11 is 0.